The molecule has 2 N–H and O–H groups in total. The Morgan fingerprint density at radius 3 is 3.15 bits per heavy atom. The first kappa shape index (κ1) is 15.0. The molecule has 0 aromatic carbocycles. The van der Waals surface area contributed by atoms with Crippen LogP contribution in [0.5, 0.6) is 0 Å². The van der Waals surface area contributed by atoms with E-state index in [4.69, 9.17) is 10.5 Å². The highest BCUT2D eigenvalue weighted by Crippen LogP contribution is 2.22. The molecule has 2 heterocycles. The quantitative estimate of drug-likeness (QED) is 0.842. The first-order valence-corrected chi connectivity index (χ1v) is 7.63. The number of hydrogen-bond acceptors (Lipinski definition) is 4. The molecule has 0 spiro atoms. The van der Waals surface area contributed by atoms with Crippen LogP contribution in [0, 0.1) is 17.8 Å². The highest BCUT2D eigenvalue weighted by molar-refractivity contribution is 7.10. The van der Waals surface area contributed by atoms with Crippen molar-refractivity contribution in [1.82, 2.24) is 4.90 Å². The van der Waals surface area contributed by atoms with E-state index >= 15 is 0 Å². The summed E-state index contributed by atoms with van der Waals surface area (Å²) in [6, 6.07) is 1.84. The van der Waals surface area contributed by atoms with E-state index in [1.165, 1.54) is 11.3 Å². The number of nitrogens with two attached hydrogens (primary N) is 1. The number of thiophene rings is 1. The van der Waals surface area contributed by atoms with E-state index < -0.39 is 0 Å². The van der Waals surface area contributed by atoms with Crippen molar-refractivity contribution in [3.05, 3.63) is 21.9 Å². The van der Waals surface area contributed by atoms with Crippen molar-refractivity contribution in [3.63, 3.8) is 0 Å². The van der Waals surface area contributed by atoms with E-state index in [1.807, 2.05) is 16.3 Å². The molecule has 20 heavy (non-hydrogen) atoms. The van der Waals surface area contributed by atoms with Crippen molar-refractivity contribution in [1.29, 1.82) is 0 Å². The summed E-state index contributed by atoms with van der Waals surface area (Å²) in [5.41, 5.74) is 6.05. The topological polar surface area (TPSA) is 55.6 Å². The molecular formula is C15H20N2O2S. The van der Waals surface area contributed by atoms with Crippen LogP contribution in [0.25, 0.3) is 0 Å². The molecule has 1 aromatic heterocycles. The first-order chi connectivity index (χ1) is 9.65. The second-order valence-corrected chi connectivity index (χ2v) is 5.91. The monoisotopic (exact) mass is 292 g/mol. The second kappa shape index (κ2) is 6.89. The maximum Gasteiger partial charge on any atom is 0.254 e. The molecule has 0 saturated carbocycles. The zero-order valence-corrected chi connectivity index (χ0v) is 12.7. The Hall–Kier alpha value is -1.35. The van der Waals surface area contributed by atoms with E-state index in [0.717, 1.165) is 17.8 Å². The van der Waals surface area contributed by atoms with Crippen LogP contribution in [0.15, 0.2) is 11.4 Å². The molecule has 4 nitrogen and oxygen atoms in total. The SMILES string of the molecule is COC1CN(C(=O)c2csc(C#CCN)c2)CCC1C. The standard InChI is InChI=1S/C15H20N2O2S/c1-11-5-7-17(9-14(11)19-2)15(18)12-8-13(20-10-12)4-3-6-16/h8,10-11,14H,5-7,9,16H2,1-2H3. The van der Waals surface area contributed by atoms with Crippen LogP contribution in [-0.2, 0) is 4.74 Å². The van der Waals surface area contributed by atoms with Crippen LogP contribution in [0.2, 0.25) is 0 Å². The molecule has 2 atom stereocenters. The lowest BCUT2D eigenvalue weighted by molar-refractivity contribution is -0.00154. The van der Waals surface area contributed by atoms with E-state index in [9.17, 15) is 4.79 Å². The third-order valence-electron chi connectivity index (χ3n) is 3.64. The van der Waals surface area contributed by atoms with Crippen molar-refractivity contribution in [2.45, 2.75) is 19.4 Å². The molecule has 0 bridgehead atoms. The van der Waals surface area contributed by atoms with Gasteiger partial charge in [-0.3, -0.25) is 4.79 Å². The lowest BCUT2D eigenvalue weighted by Gasteiger charge is -2.36. The summed E-state index contributed by atoms with van der Waals surface area (Å²) in [7, 11) is 1.71. The average molecular weight is 292 g/mol. The molecule has 2 rings (SSSR count). The van der Waals surface area contributed by atoms with E-state index in [0.29, 0.717) is 24.6 Å². The number of rotatable bonds is 2. The summed E-state index contributed by atoms with van der Waals surface area (Å²) >= 11 is 1.48. The summed E-state index contributed by atoms with van der Waals surface area (Å²) in [6.07, 6.45) is 1.11. The molecule has 1 aliphatic heterocycles. The number of piperidine rings is 1. The Morgan fingerprint density at radius 2 is 2.45 bits per heavy atom. The summed E-state index contributed by atoms with van der Waals surface area (Å²) < 4.78 is 5.45. The molecular weight excluding hydrogens is 272 g/mol. The number of methoxy groups -OCH3 is 1. The number of amides is 1. The Balaban J connectivity index is 2.05. The molecule has 5 heteroatoms. The third kappa shape index (κ3) is 3.40. The minimum Gasteiger partial charge on any atom is -0.379 e. The van der Waals surface area contributed by atoms with Gasteiger partial charge in [-0.1, -0.05) is 18.8 Å². The average Bonchev–Trinajstić information content (AvgIpc) is 2.93. The van der Waals surface area contributed by atoms with Gasteiger partial charge in [-0.25, -0.2) is 0 Å². The predicted octanol–water partition coefficient (Wildman–Crippen LogP) is 1.56. The summed E-state index contributed by atoms with van der Waals surface area (Å²) in [6.45, 7) is 3.96. The molecule has 1 fully saturated rings. The van der Waals surface area contributed by atoms with E-state index in [2.05, 4.69) is 18.8 Å². The highest BCUT2D eigenvalue weighted by atomic mass is 32.1. The van der Waals surface area contributed by atoms with Crippen molar-refractivity contribution in [2.24, 2.45) is 11.7 Å². The molecule has 0 aliphatic carbocycles. The number of carbonyl (C=O) groups excluding carboxylic acids is 1. The maximum absolute atomic E-state index is 12.5. The molecule has 108 valence electrons. The maximum atomic E-state index is 12.5. The van der Waals surface area contributed by atoms with Crippen molar-refractivity contribution >= 4 is 17.2 Å². The zero-order chi connectivity index (χ0) is 14.5. The lowest BCUT2D eigenvalue weighted by Crippen LogP contribution is -2.46. The van der Waals surface area contributed by atoms with E-state index in [1.54, 1.807) is 7.11 Å². The van der Waals surface area contributed by atoms with Gasteiger partial charge in [0.15, 0.2) is 0 Å². The Kier molecular flexibility index (Phi) is 5.18. The number of nitrogens with zero attached hydrogens (tertiary/aromatic N) is 1. The van der Waals surface area contributed by atoms with Crippen LogP contribution in [0.4, 0.5) is 0 Å². The van der Waals surface area contributed by atoms with Crippen molar-refractivity contribution in [3.8, 4) is 11.8 Å². The van der Waals surface area contributed by atoms with Crippen LogP contribution in [0.1, 0.15) is 28.6 Å². The largest absolute Gasteiger partial charge is 0.379 e. The van der Waals surface area contributed by atoms with Crippen LogP contribution in [-0.4, -0.2) is 43.7 Å². The predicted molar refractivity (Wildman–Crippen MR) is 80.7 cm³/mol. The van der Waals surface area contributed by atoms with Gasteiger partial charge in [0.25, 0.3) is 5.91 Å². The van der Waals surface area contributed by atoms with Gasteiger partial charge in [-0.15, -0.1) is 11.3 Å². The van der Waals surface area contributed by atoms with Crippen LogP contribution < -0.4 is 5.73 Å². The fraction of sp³-hybridized carbons (Fsp3) is 0.533. The number of hydrogen-bond donors (Lipinski definition) is 1. The van der Waals surface area contributed by atoms with Crippen LogP contribution in [0.3, 0.4) is 0 Å². The fourth-order valence-corrected chi connectivity index (χ4v) is 3.11. The van der Waals surface area contributed by atoms with Crippen molar-refractivity contribution < 1.29 is 9.53 Å². The minimum absolute atomic E-state index is 0.0657. The first-order valence-electron chi connectivity index (χ1n) is 6.75. The van der Waals surface area contributed by atoms with E-state index in [-0.39, 0.29) is 12.0 Å². The molecule has 1 aromatic rings. The van der Waals surface area contributed by atoms with Gasteiger partial charge < -0.3 is 15.4 Å². The normalized spacial score (nSPS) is 22.2. The van der Waals surface area contributed by atoms with Crippen molar-refractivity contribution in [2.75, 3.05) is 26.7 Å². The summed E-state index contributed by atoms with van der Waals surface area (Å²) in [5, 5.41) is 1.86. The molecule has 1 amide bonds. The van der Waals surface area contributed by atoms with Gasteiger partial charge in [0.2, 0.25) is 0 Å². The molecule has 0 radical (unpaired) electrons. The smallest absolute Gasteiger partial charge is 0.254 e. The Bertz CT molecular complexity index is 529. The third-order valence-corrected chi connectivity index (χ3v) is 4.49. The molecule has 1 saturated heterocycles. The minimum atomic E-state index is 0.0657. The number of likely N-dealkylation sites (tertiary alicyclic amines) is 1. The van der Waals surface area contributed by atoms with Gasteiger partial charge in [0.1, 0.15) is 0 Å². The van der Waals surface area contributed by atoms with Gasteiger partial charge in [-0.2, -0.15) is 0 Å². The Labute approximate surface area is 123 Å². The lowest BCUT2D eigenvalue weighted by atomic mass is 9.95. The number of carbonyl (C=O) groups is 1. The van der Waals surface area contributed by atoms with Gasteiger partial charge in [0.05, 0.1) is 23.1 Å². The fourth-order valence-electron chi connectivity index (χ4n) is 2.36. The highest BCUT2D eigenvalue weighted by Gasteiger charge is 2.29. The van der Waals surface area contributed by atoms with Crippen LogP contribution >= 0.6 is 11.3 Å². The summed E-state index contributed by atoms with van der Waals surface area (Å²) in [4.78, 5) is 15.2. The summed E-state index contributed by atoms with van der Waals surface area (Å²) in [5.74, 6) is 6.32. The molecule has 2 unspecified atom stereocenters. The van der Waals surface area contributed by atoms with Gasteiger partial charge >= 0.3 is 0 Å². The van der Waals surface area contributed by atoms with Gasteiger partial charge in [0, 0.05) is 25.6 Å². The zero-order valence-electron chi connectivity index (χ0n) is 11.9. The van der Waals surface area contributed by atoms with Gasteiger partial charge in [-0.05, 0) is 18.4 Å². The Morgan fingerprint density at radius 1 is 1.65 bits per heavy atom. The number of ether oxygens (including phenoxy) is 1. The second-order valence-electron chi connectivity index (χ2n) is 5.00. The molecule has 1 aliphatic rings.